The second-order valence-corrected chi connectivity index (χ2v) is 5.64. The van der Waals surface area contributed by atoms with E-state index in [-0.39, 0.29) is 5.91 Å². The van der Waals surface area contributed by atoms with Crippen LogP contribution in [0.15, 0.2) is 18.5 Å². The molecule has 0 aromatic carbocycles. The molecule has 1 amide bonds. The fraction of sp³-hybridized carbons (Fsp3) is 0.333. The maximum atomic E-state index is 12.1. The molecule has 3 aromatic heterocycles. The minimum atomic E-state index is -0.0991. The van der Waals surface area contributed by atoms with E-state index in [4.69, 9.17) is 0 Å². The molecule has 23 heavy (non-hydrogen) atoms. The number of nitrogens with zero attached hydrogens (tertiary/aromatic N) is 5. The molecule has 8 heteroatoms. The summed E-state index contributed by atoms with van der Waals surface area (Å²) >= 11 is 0. The summed E-state index contributed by atoms with van der Waals surface area (Å²) in [7, 11) is 5.30. The molecule has 0 saturated carbocycles. The summed E-state index contributed by atoms with van der Waals surface area (Å²) in [6, 6.07) is 2.06. The Labute approximate surface area is 133 Å². The van der Waals surface area contributed by atoms with Gasteiger partial charge in [0.05, 0.1) is 11.9 Å². The summed E-state index contributed by atoms with van der Waals surface area (Å²) in [6.45, 7) is 2.50. The number of pyridine rings is 1. The van der Waals surface area contributed by atoms with Crippen LogP contribution in [0, 0.1) is 6.92 Å². The average molecular weight is 313 g/mol. The largest absolute Gasteiger partial charge is 0.366 e. The number of H-pyrrole nitrogens is 1. The lowest BCUT2D eigenvalue weighted by atomic mass is 10.2. The van der Waals surface area contributed by atoms with Crippen LogP contribution in [0.5, 0.6) is 0 Å². The fourth-order valence-electron chi connectivity index (χ4n) is 2.46. The molecule has 0 spiro atoms. The number of fused-ring (bicyclic) bond motifs is 1. The van der Waals surface area contributed by atoms with Gasteiger partial charge in [0.1, 0.15) is 11.4 Å². The first-order valence-corrected chi connectivity index (χ1v) is 7.24. The average Bonchev–Trinajstić information content (AvgIpc) is 3.09. The van der Waals surface area contributed by atoms with Gasteiger partial charge in [0.25, 0.3) is 5.91 Å². The number of hydrogen-bond acceptors (Lipinski definition) is 5. The third-order valence-corrected chi connectivity index (χ3v) is 3.66. The molecule has 0 saturated heterocycles. The number of aryl methyl sites for hydroxylation is 2. The van der Waals surface area contributed by atoms with Crippen molar-refractivity contribution in [2.45, 2.75) is 13.5 Å². The molecule has 0 bridgehead atoms. The van der Waals surface area contributed by atoms with Crippen LogP contribution in [-0.4, -0.2) is 49.9 Å². The second kappa shape index (κ2) is 5.71. The molecule has 3 rings (SSSR count). The minimum Gasteiger partial charge on any atom is -0.366 e. The Kier molecular flexibility index (Phi) is 3.73. The van der Waals surface area contributed by atoms with Gasteiger partial charge in [-0.15, -0.1) is 0 Å². The summed E-state index contributed by atoms with van der Waals surface area (Å²) in [5.74, 6) is 0.504. The molecule has 3 aromatic rings. The van der Waals surface area contributed by atoms with Crippen LogP contribution in [0.25, 0.3) is 11.0 Å². The zero-order chi connectivity index (χ0) is 16.6. The van der Waals surface area contributed by atoms with Crippen LogP contribution in [0.4, 0.5) is 5.82 Å². The number of carbonyl (C=O) groups excluding carboxylic acids is 1. The van der Waals surface area contributed by atoms with Crippen molar-refractivity contribution in [1.29, 1.82) is 0 Å². The Bertz CT molecular complexity index is 862. The highest BCUT2D eigenvalue weighted by molar-refractivity contribution is 5.98. The molecule has 120 valence electrons. The molecule has 0 fully saturated rings. The molecular weight excluding hydrogens is 294 g/mol. The lowest BCUT2D eigenvalue weighted by Gasteiger charge is -2.11. The maximum Gasteiger partial charge on any atom is 0.258 e. The predicted octanol–water partition coefficient (Wildman–Crippen LogP) is 1.31. The maximum absolute atomic E-state index is 12.1. The van der Waals surface area contributed by atoms with Crippen LogP contribution in [0.3, 0.4) is 0 Å². The summed E-state index contributed by atoms with van der Waals surface area (Å²) in [5.41, 5.74) is 3.33. The van der Waals surface area contributed by atoms with E-state index in [9.17, 15) is 4.79 Å². The van der Waals surface area contributed by atoms with E-state index < -0.39 is 0 Å². The van der Waals surface area contributed by atoms with Crippen molar-refractivity contribution < 1.29 is 4.79 Å². The van der Waals surface area contributed by atoms with E-state index in [0.29, 0.717) is 17.9 Å². The lowest BCUT2D eigenvalue weighted by molar-refractivity contribution is 0.0828. The summed E-state index contributed by atoms with van der Waals surface area (Å²) in [4.78, 5) is 18.0. The first kappa shape index (κ1) is 15.0. The molecular formula is C15H19N7O. The number of nitrogens with one attached hydrogen (secondary N) is 2. The van der Waals surface area contributed by atoms with E-state index in [2.05, 4.69) is 31.7 Å². The number of anilines is 1. The van der Waals surface area contributed by atoms with E-state index in [1.54, 1.807) is 25.0 Å². The molecule has 0 atom stereocenters. The van der Waals surface area contributed by atoms with Crippen molar-refractivity contribution in [3.05, 3.63) is 35.3 Å². The first-order chi connectivity index (χ1) is 11.0. The van der Waals surface area contributed by atoms with Gasteiger partial charge in [0.2, 0.25) is 0 Å². The molecule has 0 unspecified atom stereocenters. The van der Waals surface area contributed by atoms with E-state index in [1.807, 2.05) is 14.0 Å². The van der Waals surface area contributed by atoms with Crippen molar-refractivity contribution in [2.75, 3.05) is 19.4 Å². The smallest absolute Gasteiger partial charge is 0.258 e. The number of amides is 1. The highest BCUT2D eigenvalue weighted by Gasteiger charge is 2.15. The van der Waals surface area contributed by atoms with Crippen molar-refractivity contribution in [3.8, 4) is 0 Å². The predicted molar refractivity (Wildman–Crippen MR) is 87.2 cm³/mol. The number of rotatable bonds is 4. The van der Waals surface area contributed by atoms with Crippen LogP contribution in [-0.2, 0) is 13.6 Å². The van der Waals surface area contributed by atoms with Gasteiger partial charge in [-0.2, -0.15) is 10.2 Å². The second-order valence-electron chi connectivity index (χ2n) is 5.64. The third-order valence-electron chi connectivity index (χ3n) is 3.66. The summed E-state index contributed by atoms with van der Waals surface area (Å²) < 4.78 is 1.77. The lowest BCUT2D eigenvalue weighted by Crippen LogP contribution is -2.22. The quantitative estimate of drug-likeness (QED) is 0.758. The summed E-state index contributed by atoms with van der Waals surface area (Å²) in [6.07, 6.45) is 3.33. The first-order valence-electron chi connectivity index (χ1n) is 7.24. The molecule has 2 N–H and O–H groups in total. The van der Waals surface area contributed by atoms with E-state index in [1.165, 1.54) is 11.1 Å². The van der Waals surface area contributed by atoms with Gasteiger partial charge in [-0.1, -0.05) is 0 Å². The van der Waals surface area contributed by atoms with Crippen LogP contribution >= 0.6 is 0 Å². The molecule has 0 radical (unpaired) electrons. The molecule has 0 aliphatic carbocycles. The van der Waals surface area contributed by atoms with Crippen molar-refractivity contribution in [2.24, 2.45) is 7.05 Å². The van der Waals surface area contributed by atoms with Crippen LogP contribution < -0.4 is 5.32 Å². The van der Waals surface area contributed by atoms with Gasteiger partial charge in [0.15, 0.2) is 5.65 Å². The normalized spacial score (nSPS) is 11.0. The standard InChI is InChI=1S/C15H19N7O/c1-9-11-5-10(7-17-14(11)22(4)20-9)6-16-13-12(8-18-19-13)15(23)21(2)3/h5,7-8H,6H2,1-4H3,(H2,16,18,19). The van der Waals surface area contributed by atoms with Gasteiger partial charge in [0, 0.05) is 39.3 Å². The van der Waals surface area contributed by atoms with Gasteiger partial charge >= 0.3 is 0 Å². The van der Waals surface area contributed by atoms with Crippen LogP contribution in [0.1, 0.15) is 21.6 Å². The fourth-order valence-corrected chi connectivity index (χ4v) is 2.46. The number of carbonyl (C=O) groups is 1. The molecule has 8 nitrogen and oxygen atoms in total. The Morgan fingerprint density at radius 3 is 2.91 bits per heavy atom. The Balaban J connectivity index is 1.80. The van der Waals surface area contributed by atoms with Crippen LogP contribution in [0.2, 0.25) is 0 Å². The van der Waals surface area contributed by atoms with Gasteiger partial charge in [-0.25, -0.2) is 4.98 Å². The monoisotopic (exact) mass is 313 g/mol. The topological polar surface area (TPSA) is 91.7 Å². The number of aromatic nitrogens is 5. The van der Waals surface area contributed by atoms with Crippen molar-refractivity contribution in [3.63, 3.8) is 0 Å². The number of aromatic amines is 1. The van der Waals surface area contributed by atoms with Gasteiger partial charge in [-0.05, 0) is 18.6 Å². The molecule has 0 aliphatic heterocycles. The Morgan fingerprint density at radius 2 is 2.17 bits per heavy atom. The zero-order valence-corrected chi connectivity index (χ0v) is 13.6. The van der Waals surface area contributed by atoms with E-state index in [0.717, 1.165) is 22.3 Å². The summed E-state index contributed by atoms with van der Waals surface area (Å²) in [5, 5.41) is 15.4. The van der Waals surface area contributed by atoms with Gasteiger partial charge in [-0.3, -0.25) is 14.6 Å². The van der Waals surface area contributed by atoms with Crippen molar-refractivity contribution >= 4 is 22.8 Å². The Morgan fingerprint density at radius 1 is 1.39 bits per heavy atom. The Hall–Kier alpha value is -2.90. The van der Waals surface area contributed by atoms with Crippen molar-refractivity contribution in [1.82, 2.24) is 29.9 Å². The SMILES string of the molecule is Cc1nn(C)c2ncc(CNc3[nH]ncc3C(=O)N(C)C)cc12. The third kappa shape index (κ3) is 2.75. The highest BCUT2D eigenvalue weighted by Crippen LogP contribution is 2.18. The number of hydrogen-bond donors (Lipinski definition) is 2. The molecule has 3 heterocycles. The minimum absolute atomic E-state index is 0.0991. The highest BCUT2D eigenvalue weighted by atomic mass is 16.2. The molecule has 0 aliphatic rings. The zero-order valence-electron chi connectivity index (χ0n) is 13.6. The van der Waals surface area contributed by atoms with Gasteiger partial charge < -0.3 is 10.2 Å². The van der Waals surface area contributed by atoms with E-state index >= 15 is 0 Å².